The molecule has 1 saturated carbocycles. The summed E-state index contributed by atoms with van der Waals surface area (Å²) in [6.07, 6.45) is 2.21. The van der Waals surface area contributed by atoms with E-state index in [1.54, 1.807) is 9.42 Å². The van der Waals surface area contributed by atoms with Crippen LogP contribution in [0, 0.1) is 25.2 Å². The molecule has 1 aliphatic carbocycles. The van der Waals surface area contributed by atoms with Crippen LogP contribution in [-0.4, -0.2) is 54.6 Å². The number of hydrogen-bond donors (Lipinski definition) is 1. The molecule has 3 heterocycles. The van der Waals surface area contributed by atoms with E-state index in [1.807, 2.05) is 19.9 Å². The number of aromatic nitrogens is 4. The average Bonchev–Trinajstić information content (AvgIpc) is 3.06. The first-order valence-corrected chi connectivity index (χ1v) is 8.13. The number of carbonyl (C=O) groups excluding carboxylic acids is 1. The van der Waals surface area contributed by atoms with Crippen LogP contribution in [0.1, 0.15) is 41.3 Å². The molecule has 8 heteroatoms. The summed E-state index contributed by atoms with van der Waals surface area (Å²) < 4.78 is 1.58. The van der Waals surface area contributed by atoms with Crippen molar-refractivity contribution >= 4 is 17.7 Å². The highest BCUT2D eigenvalue weighted by molar-refractivity contribution is 5.91. The van der Waals surface area contributed by atoms with E-state index in [9.17, 15) is 9.59 Å². The molecule has 1 saturated heterocycles. The lowest BCUT2D eigenvalue weighted by atomic mass is 9.91. The second kappa shape index (κ2) is 4.99. The van der Waals surface area contributed by atoms with Gasteiger partial charge in [-0.2, -0.15) is 4.98 Å². The van der Waals surface area contributed by atoms with Crippen molar-refractivity contribution in [2.45, 2.75) is 33.1 Å². The standard InChI is InChI=1S/C16H19N5O3/c1-9-7-10(2)21-15(17-9)18-12(19-21)13(22)20-5-3-16(4-6-20)8-11(16)14(23)24/h7,11H,3-6,8H2,1-2H3,(H,23,24). The van der Waals surface area contributed by atoms with Crippen molar-refractivity contribution in [3.8, 4) is 0 Å². The molecule has 1 amide bonds. The number of aliphatic carboxylic acids is 1. The predicted octanol–water partition coefficient (Wildman–Crippen LogP) is 1.07. The van der Waals surface area contributed by atoms with Crippen LogP contribution >= 0.6 is 0 Å². The summed E-state index contributed by atoms with van der Waals surface area (Å²) in [5, 5.41) is 13.4. The second-order valence-corrected chi connectivity index (χ2v) is 6.94. The molecule has 2 fully saturated rings. The normalized spacial score (nSPS) is 22.1. The molecule has 1 aliphatic heterocycles. The van der Waals surface area contributed by atoms with Crippen molar-refractivity contribution in [1.29, 1.82) is 0 Å². The van der Waals surface area contributed by atoms with Gasteiger partial charge in [-0.3, -0.25) is 9.59 Å². The summed E-state index contributed by atoms with van der Waals surface area (Å²) in [7, 11) is 0. The molecule has 4 rings (SSSR count). The summed E-state index contributed by atoms with van der Waals surface area (Å²) in [6.45, 7) is 4.89. The van der Waals surface area contributed by atoms with Gasteiger partial charge in [-0.15, -0.1) is 5.10 Å². The van der Waals surface area contributed by atoms with E-state index in [-0.39, 0.29) is 23.1 Å². The number of fused-ring (bicyclic) bond motifs is 1. The van der Waals surface area contributed by atoms with E-state index in [4.69, 9.17) is 5.11 Å². The molecule has 126 valence electrons. The number of hydrogen-bond acceptors (Lipinski definition) is 5. The monoisotopic (exact) mass is 329 g/mol. The van der Waals surface area contributed by atoms with Crippen LogP contribution in [0.2, 0.25) is 0 Å². The zero-order valence-electron chi connectivity index (χ0n) is 13.7. The fourth-order valence-electron chi connectivity index (χ4n) is 3.80. The SMILES string of the molecule is Cc1cc(C)n2nc(C(=O)N3CCC4(CC3)CC4C(=O)O)nc2n1. The fourth-order valence-corrected chi connectivity index (χ4v) is 3.80. The third kappa shape index (κ3) is 2.24. The zero-order valence-corrected chi connectivity index (χ0v) is 13.7. The highest BCUT2D eigenvalue weighted by Crippen LogP contribution is 2.59. The van der Waals surface area contributed by atoms with Gasteiger partial charge in [0.15, 0.2) is 0 Å². The van der Waals surface area contributed by atoms with E-state index < -0.39 is 5.97 Å². The van der Waals surface area contributed by atoms with Gasteiger partial charge in [0.1, 0.15) is 0 Å². The van der Waals surface area contributed by atoms with Crippen molar-refractivity contribution in [2.24, 2.45) is 11.3 Å². The highest BCUT2D eigenvalue weighted by atomic mass is 16.4. The van der Waals surface area contributed by atoms with Gasteiger partial charge in [0.05, 0.1) is 5.92 Å². The number of carboxylic acid groups (broad SMARTS) is 1. The van der Waals surface area contributed by atoms with Crippen molar-refractivity contribution in [3.05, 3.63) is 23.3 Å². The molecular weight excluding hydrogens is 310 g/mol. The molecular formula is C16H19N5O3. The van der Waals surface area contributed by atoms with E-state index >= 15 is 0 Å². The minimum absolute atomic E-state index is 0.0930. The number of carboxylic acids is 1. The number of aryl methyl sites for hydroxylation is 2. The summed E-state index contributed by atoms with van der Waals surface area (Å²) in [6, 6.07) is 1.89. The predicted molar refractivity (Wildman–Crippen MR) is 83.6 cm³/mol. The molecule has 1 spiro atoms. The first kappa shape index (κ1) is 15.0. The maximum atomic E-state index is 12.7. The Morgan fingerprint density at radius 2 is 1.96 bits per heavy atom. The van der Waals surface area contributed by atoms with Crippen LogP contribution in [-0.2, 0) is 4.79 Å². The van der Waals surface area contributed by atoms with E-state index in [1.165, 1.54) is 0 Å². The summed E-state index contributed by atoms with van der Waals surface area (Å²) >= 11 is 0. The quantitative estimate of drug-likeness (QED) is 0.884. The summed E-state index contributed by atoms with van der Waals surface area (Å²) in [4.78, 5) is 34.1. The minimum Gasteiger partial charge on any atom is -0.481 e. The highest BCUT2D eigenvalue weighted by Gasteiger charge is 2.59. The lowest BCUT2D eigenvalue weighted by Gasteiger charge is -2.31. The fraction of sp³-hybridized carbons (Fsp3) is 0.562. The Balaban J connectivity index is 1.51. The zero-order chi connectivity index (χ0) is 17.1. The lowest BCUT2D eigenvalue weighted by Crippen LogP contribution is -2.40. The number of likely N-dealkylation sites (tertiary alicyclic amines) is 1. The molecule has 8 nitrogen and oxygen atoms in total. The maximum Gasteiger partial charge on any atom is 0.307 e. The second-order valence-electron chi connectivity index (χ2n) is 6.94. The Morgan fingerprint density at radius 3 is 2.58 bits per heavy atom. The smallest absolute Gasteiger partial charge is 0.307 e. The molecule has 2 aliphatic rings. The average molecular weight is 329 g/mol. The molecule has 1 unspecified atom stereocenters. The Kier molecular flexibility index (Phi) is 3.13. The van der Waals surface area contributed by atoms with Gasteiger partial charge in [-0.05, 0) is 44.6 Å². The molecule has 24 heavy (non-hydrogen) atoms. The van der Waals surface area contributed by atoms with Crippen LogP contribution in [0.25, 0.3) is 5.78 Å². The van der Waals surface area contributed by atoms with Gasteiger partial charge in [0, 0.05) is 24.5 Å². The van der Waals surface area contributed by atoms with Gasteiger partial charge in [0.25, 0.3) is 11.7 Å². The lowest BCUT2D eigenvalue weighted by molar-refractivity contribution is -0.139. The number of carbonyl (C=O) groups is 2. The molecule has 0 aromatic carbocycles. The third-order valence-corrected chi connectivity index (χ3v) is 5.34. The van der Waals surface area contributed by atoms with Crippen molar-refractivity contribution in [2.75, 3.05) is 13.1 Å². The Hall–Kier alpha value is -2.51. The van der Waals surface area contributed by atoms with Gasteiger partial charge in [-0.25, -0.2) is 9.50 Å². The first-order chi connectivity index (χ1) is 11.4. The van der Waals surface area contributed by atoms with Crippen molar-refractivity contribution < 1.29 is 14.7 Å². The van der Waals surface area contributed by atoms with E-state index in [0.717, 1.165) is 30.7 Å². The van der Waals surface area contributed by atoms with Crippen LogP contribution in [0.4, 0.5) is 0 Å². The van der Waals surface area contributed by atoms with Gasteiger partial charge in [0.2, 0.25) is 5.82 Å². The van der Waals surface area contributed by atoms with Crippen LogP contribution in [0.3, 0.4) is 0 Å². The molecule has 2 aromatic heterocycles. The van der Waals surface area contributed by atoms with Gasteiger partial charge in [-0.1, -0.05) is 0 Å². The number of nitrogens with zero attached hydrogens (tertiary/aromatic N) is 5. The number of amides is 1. The molecule has 1 atom stereocenters. The number of rotatable bonds is 2. The third-order valence-electron chi connectivity index (χ3n) is 5.34. The van der Waals surface area contributed by atoms with Crippen LogP contribution in [0.15, 0.2) is 6.07 Å². The largest absolute Gasteiger partial charge is 0.481 e. The van der Waals surface area contributed by atoms with Gasteiger partial charge >= 0.3 is 5.97 Å². The van der Waals surface area contributed by atoms with E-state index in [0.29, 0.717) is 18.9 Å². The van der Waals surface area contributed by atoms with Crippen molar-refractivity contribution in [3.63, 3.8) is 0 Å². The Labute approximate surface area is 138 Å². The Morgan fingerprint density at radius 1 is 1.25 bits per heavy atom. The van der Waals surface area contributed by atoms with Gasteiger partial charge < -0.3 is 10.0 Å². The topological polar surface area (TPSA) is 101 Å². The summed E-state index contributed by atoms with van der Waals surface area (Å²) in [5.74, 6) is -0.582. The Bertz CT molecular complexity index is 851. The minimum atomic E-state index is -0.714. The number of piperidine rings is 1. The van der Waals surface area contributed by atoms with Crippen LogP contribution in [0.5, 0.6) is 0 Å². The molecule has 0 radical (unpaired) electrons. The van der Waals surface area contributed by atoms with E-state index in [2.05, 4.69) is 15.1 Å². The van der Waals surface area contributed by atoms with Crippen molar-refractivity contribution in [1.82, 2.24) is 24.5 Å². The maximum absolute atomic E-state index is 12.7. The molecule has 2 aromatic rings. The van der Waals surface area contributed by atoms with Crippen LogP contribution < -0.4 is 0 Å². The first-order valence-electron chi connectivity index (χ1n) is 8.13. The molecule has 1 N–H and O–H groups in total. The molecule has 0 bridgehead atoms. The summed E-state index contributed by atoms with van der Waals surface area (Å²) in [5.41, 5.74) is 1.62.